The van der Waals surface area contributed by atoms with Gasteiger partial charge in [-0.3, -0.25) is 19.9 Å². The Hall–Kier alpha value is 0.496. The van der Waals surface area contributed by atoms with Gasteiger partial charge in [0, 0.05) is 12.1 Å². The van der Waals surface area contributed by atoms with E-state index in [1.165, 1.54) is 0 Å². The van der Waals surface area contributed by atoms with E-state index in [0.29, 0.717) is 0 Å². The molecule has 1 rings (SSSR count). The Balaban J connectivity index is 0.00000225. The Morgan fingerprint density at radius 1 is 1.44 bits per heavy atom. The number of phosphoric ester groups is 1. The van der Waals surface area contributed by atoms with Crippen molar-refractivity contribution in [2.75, 3.05) is 0 Å². The van der Waals surface area contributed by atoms with E-state index in [4.69, 9.17) is 21.4 Å². The van der Waals surface area contributed by atoms with Crippen LogP contribution in [0.5, 0.6) is 5.75 Å². The van der Waals surface area contributed by atoms with Gasteiger partial charge in [0.25, 0.3) is 5.69 Å². The molecule has 7 nitrogen and oxygen atoms in total. The fourth-order valence-corrected chi connectivity index (χ4v) is 1.49. The van der Waals surface area contributed by atoms with Crippen LogP contribution in [0, 0.1) is 10.1 Å². The predicted molar refractivity (Wildman–Crippen MR) is 57.9 cm³/mol. The average molecular weight is 294 g/mol. The second kappa shape index (κ2) is 6.43. The van der Waals surface area contributed by atoms with Gasteiger partial charge in [0.2, 0.25) is 0 Å². The van der Waals surface area contributed by atoms with E-state index >= 15 is 0 Å². The van der Waals surface area contributed by atoms with Gasteiger partial charge >= 0.3 is 59.2 Å². The van der Waals surface area contributed by atoms with Crippen molar-refractivity contribution in [1.29, 1.82) is 0 Å². The summed E-state index contributed by atoms with van der Waals surface area (Å²) in [5.41, 5.74) is -0.293. The molecule has 0 fully saturated rings. The molecule has 0 aliphatic rings. The summed E-state index contributed by atoms with van der Waals surface area (Å²) in [4.78, 5) is 26.6. The number of non-ortho nitro benzene ring substituents is 1. The van der Waals surface area contributed by atoms with Crippen molar-refractivity contribution in [3.8, 4) is 5.75 Å². The molecule has 0 heterocycles. The monoisotopic (exact) mass is 293 g/mol. The van der Waals surface area contributed by atoms with Crippen LogP contribution < -0.4 is 4.52 Å². The first kappa shape index (κ1) is 16.5. The maximum absolute atomic E-state index is 10.5. The number of halogens is 1. The number of phosphoric acid groups is 1. The topological polar surface area (TPSA) is 110 Å². The summed E-state index contributed by atoms with van der Waals surface area (Å²) in [6.07, 6.45) is 0. The van der Waals surface area contributed by atoms with E-state index in [9.17, 15) is 14.7 Å². The molecule has 0 bridgehead atoms. The number of hydrogen-bond acceptors (Lipinski definition) is 4. The Morgan fingerprint density at radius 2 is 2.00 bits per heavy atom. The van der Waals surface area contributed by atoms with Gasteiger partial charge in [-0.25, -0.2) is 4.57 Å². The van der Waals surface area contributed by atoms with Crippen LogP contribution >= 0.6 is 19.4 Å². The molecule has 0 unspecified atom stereocenters. The van der Waals surface area contributed by atoms with Crippen molar-refractivity contribution in [2.45, 2.75) is 0 Å². The third-order valence-corrected chi connectivity index (χ3v) is 2.07. The van der Waals surface area contributed by atoms with Gasteiger partial charge in [0.05, 0.1) is 9.95 Å². The van der Waals surface area contributed by atoms with Gasteiger partial charge in [-0.05, 0) is 6.07 Å². The fourth-order valence-electron chi connectivity index (χ4n) is 0.805. The maximum atomic E-state index is 10.5. The summed E-state index contributed by atoms with van der Waals surface area (Å²) in [5, 5.41) is 10.1. The molecular weight excluding hydrogens is 288 g/mol. The Kier molecular flexibility index (Phi) is 6.63. The van der Waals surface area contributed by atoms with E-state index in [0.717, 1.165) is 18.2 Å². The molecule has 84 valence electrons. The molecule has 10 heteroatoms. The predicted octanol–water partition coefficient (Wildman–Crippen LogP) is 1.07. The third kappa shape index (κ3) is 5.22. The molecule has 0 spiro atoms. The van der Waals surface area contributed by atoms with E-state index < -0.39 is 12.7 Å². The summed E-state index contributed by atoms with van der Waals surface area (Å²) >= 11 is 5.51. The molecule has 0 atom stereocenters. The quantitative estimate of drug-likeness (QED) is 0.373. The SMILES string of the molecule is O=[N+]([O-])c1ccc(OP(=O)(O)O)c(Cl)c1.[KH]. The number of rotatable bonds is 3. The van der Waals surface area contributed by atoms with Crippen molar-refractivity contribution in [2.24, 2.45) is 0 Å². The van der Waals surface area contributed by atoms with Crippen molar-refractivity contribution >= 4 is 76.5 Å². The molecule has 0 radical (unpaired) electrons. The van der Waals surface area contributed by atoms with Crippen molar-refractivity contribution in [3.63, 3.8) is 0 Å². The molecule has 1 aromatic carbocycles. The van der Waals surface area contributed by atoms with Crippen molar-refractivity contribution in [3.05, 3.63) is 33.3 Å². The summed E-state index contributed by atoms with van der Waals surface area (Å²) < 4.78 is 14.6. The van der Waals surface area contributed by atoms with Crippen LogP contribution in [-0.2, 0) is 4.57 Å². The molecule has 0 saturated carbocycles. The standard InChI is InChI=1S/C6H5ClNO6P.K.H/c7-5-3-4(8(9)10)1-2-6(5)14-15(11,12)13;;/h1-3H,(H2,11,12,13);;. The first-order valence-corrected chi connectivity index (χ1v) is 5.39. The van der Waals surface area contributed by atoms with E-state index in [2.05, 4.69) is 4.52 Å². The zero-order chi connectivity index (χ0) is 11.6. The summed E-state index contributed by atoms with van der Waals surface area (Å²) in [6, 6.07) is 2.98. The number of benzene rings is 1. The van der Waals surface area contributed by atoms with Gasteiger partial charge in [-0.1, -0.05) is 11.6 Å². The van der Waals surface area contributed by atoms with Crippen molar-refractivity contribution < 1.29 is 23.8 Å². The normalized spacial score (nSPS) is 10.4. The number of hydrogen-bond donors (Lipinski definition) is 2. The van der Waals surface area contributed by atoms with Gasteiger partial charge in [0.1, 0.15) is 0 Å². The van der Waals surface area contributed by atoms with Gasteiger partial charge in [0.15, 0.2) is 5.75 Å². The van der Waals surface area contributed by atoms with Crippen LogP contribution in [-0.4, -0.2) is 66.1 Å². The van der Waals surface area contributed by atoms with Gasteiger partial charge in [-0.15, -0.1) is 0 Å². The minimum atomic E-state index is -4.71. The minimum absolute atomic E-state index is 0. The average Bonchev–Trinajstić information content (AvgIpc) is 2.05. The van der Waals surface area contributed by atoms with Crippen LogP contribution in [0.25, 0.3) is 0 Å². The Labute approximate surface area is 138 Å². The summed E-state index contributed by atoms with van der Waals surface area (Å²) in [6.45, 7) is 0. The molecular formula is C6H6ClKNO6P. The Bertz CT molecular complexity index is 449. The van der Waals surface area contributed by atoms with Gasteiger partial charge in [-0.2, -0.15) is 0 Å². The zero-order valence-corrected chi connectivity index (χ0v) is 8.68. The molecule has 0 aliphatic heterocycles. The molecule has 2 N–H and O–H groups in total. The third-order valence-electron chi connectivity index (χ3n) is 1.34. The molecule has 0 aliphatic carbocycles. The zero-order valence-electron chi connectivity index (χ0n) is 7.03. The van der Waals surface area contributed by atoms with Crippen molar-refractivity contribution in [1.82, 2.24) is 0 Å². The molecule has 1 aromatic rings. The second-order valence-corrected chi connectivity index (χ2v) is 4.02. The van der Waals surface area contributed by atoms with Crippen LogP contribution in [0.3, 0.4) is 0 Å². The Morgan fingerprint density at radius 3 is 2.38 bits per heavy atom. The molecule has 0 aromatic heterocycles. The number of nitrogens with zero attached hydrogens (tertiary/aromatic N) is 1. The second-order valence-electron chi connectivity index (χ2n) is 2.45. The van der Waals surface area contributed by atoms with Crippen LogP contribution in [0.2, 0.25) is 5.02 Å². The van der Waals surface area contributed by atoms with Crippen LogP contribution in [0.1, 0.15) is 0 Å². The number of nitro groups is 1. The van der Waals surface area contributed by atoms with Gasteiger partial charge < -0.3 is 4.52 Å². The summed E-state index contributed by atoms with van der Waals surface area (Å²) in [5.74, 6) is -0.310. The first-order chi connectivity index (χ1) is 6.79. The van der Waals surface area contributed by atoms with E-state index in [1.807, 2.05) is 0 Å². The van der Waals surface area contributed by atoms with Crippen LogP contribution in [0.15, 0.2) is 18.2 Å². The van der Waals surface area contributed by atoms with E-state index in [-0.39, 0.29) is 67.8 Å². The molecule has 0 amide bonds. The molecule has 0 saturated heterocycles. The number of nitro benzene ring substituents is 1. The van der Waals surface area contributed by atoms with Crippen LogP contribution in [0.4, 0.5) is 5.69 Å². The first-order valence-electron chi connectivity index (χ1n) is 3.49. The molecule has 16 heavy (non-hydrogen) atoms. The fraction of sp³-hybridized carbons (Fsp3) is 0. The van der Waals surface area contributed by atoms with E-state index in [1.54, 1.807) is 0 Å². The summed E-state index contributed by atoms with van der Waals surface area (Å²) in [7, 11) is -4.71.